The second-order valence-corrected chi connectivity index (χ2v) is 5.73. The van der Waals surface area contributed by atoms with Gasteiger partial charge in [0, 0.05) is 18.0 Å². The number of aromatic nitrogens is 1. The maximum atomic E-state index is 12.6. The van der Waals surface area contributed by atoms with Gasteiger partial charge >= 0.3 is 5.97 Å². The van der Waals surface area contributed by atoms with Crippen LogP contribution in [0.4, 0.5) is 0 Å². The Morgan fingerprint density at radius 3 is 2.67 bits per heavy atom. The Bertz CT molecular complexity index is 473. The molecule has 0 aliphatic heterocycles. The summed E-state index contributed by atoms with van der Waals surface area (Å²) < 4.78 is 4.90. The van der Waals surface area contributed by atoms with Crippen molar-refractivity contribution in [3.8, 4) is 0 Å². The van der Waals surface area contributed by atoms with E-state index in [-0.39, 0.29) is 17.0 Å². The lowest BCUT2D eigenvalue weighted by molar-refractivity contribution is 0.0525. The van der Waals surface area contributed by atoms with Gasteiger partial charge in [0.25, 0.3) is 5.91 Å². The predicted octanol–water partition coefficient (Wildman–Crippen LogP) is 3.36. The number of unbranched alkanes of at least 4 members (excludes halogenated alkanes) is 1. The lowest BCUT2D eigenvalue weighted by Crippen LogP contribution is -2.39. The molecule has 1 amide bonds. The van der Waals surface area contributed by atoms with Crippen molar-refractivity contribution in [1.82, 2.24) is 9.88 Å². The van der Waals surface area contributed by atoms with Crippen LogP contribution in [0, 0.1) is 0 Å². The number of ether oxygens (including phenoxy) is 1. The summed E-state index contributed by atoms with van der Waals surface area (Å²) in [5.41, 5.74) is 0.333. The first-order valence-corrected chi connectivity index (χ1v) is 8.36. The molecule has 1 aromatic heterocycles. The Morgan fingerprint density at radius 1 is 1.38 bits per heavy atom. The molecule has 118 valence electrons. The quantitative estimate of drug-likeness (QED) is 0.691. The Balaban J connectivity index is 2.85. The number of carbonyl (C=O) groups excluding carboxylic acids is 2. The van der Waals surface area contributed by atoms with Crippen molar-refractivity contribution in [1.29, 1.82) is 0 Å². The van der Waals surface area contributed by atoms with Crippen LogP contribution in [-0.4, -0.2) is 41.0 Å². The van der Waals surface area contributed by atoms with Crippen LogP contribution in [0.15, 0.2) is 5.38 Å². The molecular formula is C15H24N2O3S. The molecule has 0 bridgehead atoms. The van der Waals surface area contributed by atoms with Crippen LogP contribution in [0.1, 0.15) is 67.2 Å². The van der Waals surface area contributed by atoms with E-state index in [9.17, 15) is 9.59 Å². The molecule has 1 atom stereocenters. The summed E-state index contributed by atoms with van der Waals surface area (Å²) in [4.78, 5) is 30.1. The normalized spacial score (nSPS) is 12.0. The Kier molecular flexibility index (Phi) is 7.36. The van der Waals surface area contributed by atoms with Crippen molar-refractivity contribution in [3.05, 3.63) is 16.1 Å². The molecule has 0 aliphatic carbocycles. The van der Waals surface area contributed by atoms with E-state index in [1.54, 1.807) is 12.3 Å². The number of rotatable bonds is 8. The third-order valence-corrected chi connectivity index (χ3v) is 4.13. The molecule has 0 saturated carbocycles. The fourth-order valence-electron chi connectivity index (χ4n) is 1.88. The minimum Gasteiger partial charge on any atom is -0.461 e. The summed E-state index contributed by atoms with van der Waals surface area (Å²) in [6.07, 6.45) is 2.89. The summed E-state index contributed by atoms with van der Waals surface area (Å²) in [6.45, 7) is 8.95. The van der Waals surface area contributed by atoms with Gasteiger partial charge in [-0.05, 0) is 26.7 Å². The molecule has 1 rings (SSSR count). The fraction of sp³-hybridized carbons (Fsp3) is 0.667. The Morgan fingerprint density at radius 2 is 2.10 bits per heavy atom. The Labute approximate surface area is 130 Å². The number of esters is 1. The number of carbonyl (C=O) groups is 2. The van der Waals surface area contributed by atoms with Crippen LogP contribution < -0.4 is 0 Å². The summed E-state index contributed by atoms with van der Waals surface area (Å²) in [5.74, 6) is -0.574. The summed E-state index contributed by atoms with van der Waals surface area (Å²) in [7, 11) is 0. The van der Waals surface area contributed by atoms with Crippen molar-refractivity contribution in [2.75, 3.05) is 13.2 Å². The molecule has 0 aliphatic rings. The lowest BCUT2D eigenvalue weighted by atomic mass is 10.2. The molecule has 1 unspecified atom stereocenters. The molecule has 0 aromatic carbocycles. The van der Waals surface area contributed by atoms with Crippen LogP contribution in [0.25, 0.3) is 0 Å². The molecule has 6 heteroatoms. The van der Waals surface area contributed by atoms with Crippen molar-refractivity contribution in [3.63, 3.8) is 0 Å². The number of thiazole rings is 1. The van der Waals surface area contributed by atoms with Gasteiger partial charge in [0.15, 0.2) is 0 Å². The van der Waals surface area contributed by atoms with Crippen LogP contribution in [-0.2, 0) is 4.74 Å². The van der Waals surface area contributed by atoms with Crippen molar-refractivity contribution >= 4 is 23.2 Å². The van der Waals surface area contributed by atoms with E-state index in [0.29, 0.717) is 12.3 Å². The van der Waals surface area contributed by atoms with Crippen LogP contribution in [0.3, 0.4) is 0 Å². The minimum atomic E-state index is -0.467. The van der Waals surface area contributed by atoms with E-state index in [0.717, 1.165) is 37.1 Å². The number of hydrogen-bond donors (Lipinski definition) is 0. The maximum Gasteiger partial charge on any atom is 0.367 e. The van der Waals surface area contributed by atoms with Crippen LogP contribution in [0.5, 0.6) is 0 Å². The van der Waals surface area contributed by atoms with Crippen molar-refractivity contribution < 1.29 is 14.3 Å². The number of nitrogens with zero attached hydrogens (tertiary/aromatic N) is 2. The van der Waals surface area contributed by atoms with Gasteiger partial charge in [-0.1, -0.05) is 20.3 Å². The molecule has 0 spiro atoms. The largest absolute Gasteiger partial charge is 0.461 e. The molecule has 1 aromatic rings. The maximum absolute atomic E-state index is 12.6. The molecule has 0 saturated heterocycles. The van der Waals surface area contributed by atoms with Gasteiger partial charge in [0.05, 0.1) is 6.61 Å². The highest BCUT2D eigenvalue weighted by atomic mass is 32.1. The topological polar surface area (TPSA) is 59.5 Å². The summed E-state index contributed by atoms with van der Waals surface area (Å²) in [6, 6.07) is 0.164. The standard InChI is InChI=1S/C15H24N2O3S/c1-5-8-9-17(11(4)6-2)14(18)12-10-21-13(16-12)15(19)20-7-3/h10-11H,5-9H2,1-4H3. The van der Waals surface area contributed by atoms with Gasteiger partial charge in [-0.2, -0.15) is 0 Å². The van der Waals surface area contributed by atoms with E-state index >= 15 is 0 Å². The third-order valence-electron chi connectivity index (χ3n) is 3.31. The second kappa shape index (κ2) is 8.77. The average Bonchev–Trinajstić information content (AvgIpc) is 2.97. The molecule has 21 heavy (non-hydrogen) atoms. The Hall–Kier alpha value is -1.43. The average molecular weight is 312 g/mol. The summed E-state index contributed by atoms with van der Waals surface area (Å²) in [5, 5.41) is 1.87. The predicted molar refractivity (Wildman–Crippen MR) is 83.8 cm³/mol. The SMILES string of the molecule is CCCCN(C(=O)c1csc(C(=O)OCC)n1)C(C)CC. The van der Waals surface area contributed by atoms with Crippen LogP contribution >= 0.6 is 11.3 Å². The number of hydrogen-bond acceptors (Lipinski definition) is 5. The first-order valence-electron chi connectivity index (χ1n) is 7.48. The second-order valence-electron chi connectivity index (χ2n) is 4.87. The first kappa shape index (κ1) is 17.6. The molecular weight excluding hydrogens is 288 g/mol. The van der Waals surface area contributed by atoms with Gasteiger partial charge in [-0.3, -0.25) is 4.79 Å². The lowest BCUT2D eigenvalue weighted by Gasteiger charge is -2.27. The van der Waals surface area contributed by atoms with E-state index < -0.39 is 5.97 Å². The van der Waals surface area contributed by atoms with Gasteiger partial charge in [0.1, 0.15) is 5.69 Å². The minimum absolute atomic E-state index is 0.107. The molecule has 1 heterocycles. The van der Waals surface area contributed by atoms with Gasteiger partial charge < -0.3 is 9.64 Å². The monoisotopic (exact) mass is 312 g/mol. The highest BCUT2D eigenvalue weighted by Gasteiger charge is 2.23. The highest BCUT2D eigenvalue weighted by molar-refractivity contribution is 7.11. The van der Waals surface area contributed by atoms with E-state index in [4.69, 9.17) is 4.74 Å². The zero-order valence-electron chi connectivity index (χ0n) is 13.2. The van der Waals surface area contributed by atoms with Gasteiger partial charge in [0.2, 0.25) is 5.01 Å². The van der Waals surface area contributed by atoms with Crippen molar-refractivity contribution in [2.45, 2.75) is 53.0 Å². The van der Waals surface area contributed by atoms with Gasteiger partial charge in [-0.25, -0.2) is 9.78 Å². The summed E-state index contributed by atoms with van der Waals surface area (Å²) >= 11 is 1.15. The number of amides is 1. The smallest absolute Gasteiger partial charge is 0.367 e. The van der Waals surface area contributed by atoms with E-state index in [1.165, 1.54) is 0 Å². The molecule has 0 N–H and O–H groups in total. The van der Waals surface area contributed by atoms with E-state index in [1.807, 2.05) is 11.8 Å². The molecule has 0 radical (unpaired) electrons. The highest BCUT2D eigenvalue weighted by Crippen LogP contribution is 2.16. The van der Waals surface area contributed by atoms with Crippen molar-refractivity contribution in [2.24, 2.45) is 0 Å². The third kappa shape index (κ3) is 4.81. The zero-order valence-corrected chi connectivity index (χ0v) is 14.0. The first-order chi connectivity index (χ1) is 10.0. The van der Waals surface area contributed by atoms with E-state index in [2.05, 4.69) is 18.8 Å². The molecule has 0 fully saturated rings. The van der Waals surface area contributed by atoms with Gasteiger partial charge in [-0.15, -0.1) is 11.3 Å². The molecule has 5 nitrogen and oxygen atoms in total. The zero-order chi connectivity index (χ0) is 15.8. The van der Waals surface area contributed by atoms with Crippen LogP contribution in [0.2, 0.25) is 0 Å². The fourth-order valence-corrected chi connectivity index (χ4v) is 2.56.